The molecule has 0 bridgehead atoms. The third-order valence-corrected chi connectivity index (χ3v) is 6.82. The van der Waals surface area contributed by atoms with Crippen molar-refractivity contribution in [1.82, 2.24) is 24.5 Å². The van der Waals surface area contributed by atoms with Crippen LogP contribution >= 0.6 is 0 Å². The van der Waals surface area contributed by atoms with Crippen molar-refractivity contribution in [2.75, 3.05) is 27.2 Å². The van der Waals surface area contributed by atoms with E-state index in [9.17, 15) is 9.59 Å². The van der Waals surface area contributed by atoms with Crippen LogP contribution in [0.5, 0.6) is 0 Å². The van der Waals surface area contributed by atoms with E-state index >= 15 is 0 Å². The highest BCUT2D eigenvalue weighted by atomic mass is 16.2. The van der Waals surface area contributed by atoms with Crippen LogP contribution in [0.4, 0.5) is 0 Å². The van der Waals surface area contributed by atoms with Crippen molar-refractivity contribution < 1.29 is 9.59 Å². The van der Waals surface area contributed by atoms with Crippen LogP contribution in [0.3, 0.4) is 0 Å². The van der Waals surface area contributed by atoms with Gasteiger partial charge in [-0.2, -0.15) is 5.10 Å². The number of aromatic nitrogens is 2. The zero-order valence-corrected chi connectivity index (χ0v) is 19.2. The predicted molar refractivity (Wildman–Crippen MR) is 120 cm³/mol. The summed E-state index contributed by atoms with van der Waals surface area (Å²) >= 11 is 0. The molecule has 166 valence electrons. The molecule has 1 saturated heterocycles. The van der Waals surface area contributed by atoms with Gasteiger partial charge in [-0.1, -0.05) is 18.2 Å². The molecule has 0 saturated carbocycles. The molecule has 3 heterocycles. The summed E-state index contributed by atoms with van der Waals surface area (Å²) in [6.45, 7) is 6.56. The lowest BCUT2D eigenvalue weighted by Crippen LogP contribution is -2.66. The molecule has 1 unspecified atom stereocenters. The number of likely N-dealkylation sites (tertiary alicyclic amines) is 1. The van der Waals surface area contributed by atoms with Crippen molar-refractivity contribution in [3.63, 3.8) is 0 Å². The number of hydrogen-bond donors (Lipinski definition) is 0. The molecule has 2 aliphatic heterocycles. The molecule has 7 heteroatoms. The smallest absolute Gasteiger partial charge is 0.254 e. The van der Waals surface area contributed by atoms with E-state index in [4.69, 9.17) is 0 Å². The Morgan fingerprint density at radius 1 is 1.19 bits per heavy atom. The van der Waals surface area contributed by atoms with Crippen LogP contribution in [0.25, 0.3) is 0 Å². The Morgan fingerprint density at radius 3 is 2.45 bits per heavy atom. The molecule has 1 fully saturated rings. The first kappa shape index (κ1) is 21.6. The van der Waals surface area contributed by atoms with Crippen molar-refractivity contribution in [3.8, 4) is 0 Å². The molecular formula is C24H33N5O2. The molecule has 7 nitrogen and oxygen atoms in total. The maximum atomic E-state index is 13.6. The first-order chi connectivity index (χ1) is 14.7. The molecule has 2 aliphatic rings. The highest BCUT2D eigenvalue weighted by Crippen LogP contribution is 2.48. The second-order valence-electron chi connectivity index (χ2n) is 9.38. The summed E-state index contributed by atoms with van der Waals surface area (Å²) in [4.78, 5) is 33.2. The Labute approximate surface area is 184 Å². The molecule has 1 atom stereocenters. The Kier molecular flexibility index (Phi) is 5.64. The Balaban J connectivity index is 1.72. The summed E-state index contributed by atoms with van der Waals surface area (Å²) in [5.74, 6) is -0.230. The van der Waals surface area contributed by atoms with Gasteiger partial charge in [0.05, 0.1) is 17.2 Å². The van der Waals surface area contributed by atoms with Gasteiger partial charge in [-0.25, -0.2) is 0 Å². The molecule has 1 aromatic carbocycles. The summed E-state index contributed by atoms with van der Waals surface area (Å²) in [5, 5.41) is 4.51. The van der Waals surface area contributed by atoms with E-state index in [0.29, 0.717) is 5.56 Å². The zero-order chi connectivity index (χ0) is 22.3. The number of hydrogen-bond acceptors (Lipinski definition) is 4. The summed E-state index contributed by atoms with van der Waals surface area (Å²) in [6.07, 6.45) is 3.49. The van der Waals surface area contributed by atoms with Crippen LogP contribution in [0, 0.1) is 0 Å². The fraction of sp³-hybridized carbons (Fsp3) is 0.542. The van der Waals surface area contributed by atoms with Crippen LogP contribution in [0.1, 0.15) is 54.2 Å². The average molecular weight is 424 g/mol. The number of aryl methyl sites for hydroxylation is 1. The molecule has 2 aromatic rings. The minimum absolute atomic E-state index is 0.0145. The highest BCUT2D eigenvalue weighted by Gasteiger charge is 2.56. The van der Waals surface area contributed by atoms with Gasteiger partial charge in [0.2, 0.25) is 5.91 Å². The first-order valence-corrected chi connectivity index (χ1v) is 11.1. The number of carbonyl (C=O) groups is 2. The summed E-state index contributed by atoms with van der Waals surface area (Å²) in [5.41, 5.74) is 2.08. The van der Waals surface area contributed by atoms with E-state index in [-0.39, 0.29) is 23.8 Å². The molecule has 0 N–H and O–H groups in total. The van der Waals surface area contributed by atoms with E-state index in [1.54, 1.807) is 4.90 Å². The normalized spacial score (nSPS) is 20.9. The van der Waals surface area contributed by atoms with Crippen molar-refractivity contribution in [3.05, 3.63) is 53.3 Å². The number of amides is 2. The van der Waals surface area contributed by atoms with E-state index in [0.717, 1.165) is 43.7 Å². The standard InChI is InChI=1S/C24H33N5O2/c1-17(2)29-22(30)20-9-7-6-8-19(20)21(23(31)26(3)4)24(29)11-14-28(15-12-24)16-18-10-13-27(5)25-18/h6-10,13,17,21H,11-12,14-16H2,1-5H3. The first-order valence-electron chi connectivity index (χ1n) is 11.1. The quantitative estimate of drug-likeness (QED) is 0.758. The van der Waals surface area contributed by atoms with E-state index in [1.165, 1.54) is 0 Å². The van der Waals surface area contributed by atoms with Crippen LogP contribution in [-0.4, -0.2) is 75.1 Å². The Bertz CT molecular complexity index is 972. The molecular weight excluding hydrogens is 390 g/mol. The number of benzene rings is 1. The van der Waals surface area contributed by atoms with Gasteiger partial charge in [0, 0.05) is 58.6 Å². The van der Waals surface area contributed by atoms with Crippen molar-refractivity contribution in [1.29, 1.82) is 0 Å². The number of likely N-dealkylation sites (N-methyl/N-ethyl adjacent to an activating group) is 1. The monoisotopic (exact) mass is 423 g/mol. The van der Waals surface area contributed by atoms with Gasteiger partial charge in [-0.3, -0.25) is 19.2 Å². The van der Waals surface area contributed by atoms with Crippen LogP contribution in [-0.2, 0) is 18.4 Å². The van der Waals surface area contributed by atoms with Gasteiger partial charge in [0.15, 0.2) is 0 Å². The van der Waals surface area contributed by atoms with E-state index < -0.39 is 5.54 Å². The second-order valence-corrected chi connectivity index (χ2v) is 9.38. The Morgan fingerprint density at radius 2 is 1.87 bits per heavy atom. The molecule has 0 radical (unpaired) electrons. The lowest BCUT2D eigenvalue weighted by atomic mass is 9.66. The lowest BCUT2D eigenvalue weighted by molar-refractivity contribution is -0.136. The van der Waals surface area contributed by atoms with E-state index in [1.807, 2.05) is 67.3 Å². The summed E-state index contributed by atoms with van der Waals surface area (Å²) in [6, 6.07) is 9.73. The highest BCUT2D eigenvalue weighted by molar-refractivity contribution is 6.02. The zero-order valence-electron chi connectivity index (χ0n) is 19.2. The predicted octanol–water partition coefficient (Wildman–Crippen LogP) is 2.49. The number of carbonyl (C=O) groups excluding carboxylic acids is 2. The van der Waals surface area contributed by atoms with Crippen LogP contribution in [0.2, 0.25) is 0 Å². The van der Waals surface area contributed by atoms with Crippen LogP contribution < -0.4 is 0 Å². The molecule has 2 amide bonds. The average Bonchev–Trinajstić information content (AvgIpc) is 3.14. The van der Waals surface area contributed by atoms with Crippen molar-refractivity contribution in [2.24, 2.45) is 7.05 Å². The topological polar surface area (TPSA) is 61.7 Å². The van der Waals surface area contributed by atoms with Gasteiger partial charge < -0.3 is 9.80 Å². The van der Waals surface area contributed by atoms with Gasteiger partial charge in [0.1, 0.15) is 0 Å². The van der Waals surface area contributed by atoms with Crippen molar-refractivity contribution in [2.45, 2.75) is 50.7 Å². The second kappa shape index (κ2) is 8.11. The minimum Gasteiger partial charge on any atom is -0.348 e. The van der Waals surface area contributed by atoms with Crippen molar-refractivity contribution >= 4 is 11.8 Å². The maximum absolute atomic E-state index is 13.6. The maximum Gasteiger partial charge on any atom is 0.254 e. The van der Waals surface area contributed by atoms with Gasteiger partial charge >= 0.3 is 0 Å². The number of piperidine rings is 1. The summed E-state index contributed by atoms with van der Waals surface area (Å²) < 4.78 is 1.82. The number of nitrogens with zero attached hydrogens (tertiary/aromatic N) is 5. The minimum atomic E-state index is -0.512. The van der Waals surface area contributed by atoms with Gasteiger partial charge in [-0.15, -0.1) is 0 Å². The fourth-order valence-corrected chi connectivity index (χ4v) is 5.48. The summed E-state index contributed by atoms with van der Waals surface area (Å²) in [7, 11) is 5.55. The molecule has 1 aromatic heterocycles. The SMILES string of the molecule is CC(C)N1C(=O)c2ccccc2C(C(=O)N(C)C)C12CCN(Cc1ccn(C)n1)CC2. The van der Waals surface area contributed by atoms with Gasteiger partial charge in [0.25, 0.3) is 5.91 Å². The third-order valence-electron chi connectivity index (χ3n) is 6.82. The molecule has 1 spiro atoms. The Hall–Kier alpha value is -2.67. The van der Waals surface area contributed by atoms with Gasteiger partial charge in [-0.05, 0) is 44.4 Å². The molecule has 31 heavy (non-hydrogen) atoms. The van der Waals surface area contributed by atoms with E-state index in [2.05, 4.69) is 23.8 Å². The molecule has 0 aliphatic carbocycles. The lowest BCUT2D eigenvalue weighted by Gasteiger charge is -2.56. The number of fused-ring (bicyclic) bond motifs is 1. The van der Waals surface area contributed by atoms with Crippen LogP contribution in [0.15, 0.2) is 36.5 Å². The number of rotatable bonds is 4. The third kappa shape index (κ3) is 3.65. The largest absolute Gasteiger partial charge is 0.348 e. The molecule has 4 rings (SSSR count). The fourth-order valence-electron chi connectivity index (χ4n) is 5.48.